The average molecular weight is 272 g/mol. The van der Waals surface area contributed by atoms with Crippen molar-refractivity contribution in [3.05, 3.63) is 29.3 Å². The van der Waals surface area contributed by atoms with Crippen molar-refractivity contribution in [3.63, 3.8) is 0 Å². The van der Waals surface area contributed by atoms with Gasteiger partial charge in [0.15, 0.2) is 5.65 Å². The number of aromatic nitrogens is 3. The zero-order chi connectivity index (χ0) is 14.3. The fourth-order valence-electron chi connectivity index (χ4n) is 2.28. The van der Waals surface area contributed by atoms with Crippen LogP contribution in [0.3, 0.4) is 0 Å². The van der Waals surface area contributed by atoms with E-state index < -0.39 is 5.97 Å². The van der Waals surface area contributed by atoms with Gasteiger partial charge in [-0.3, -0.25) is 4.79 Å². The molecule has 0 spiro atoms. The highest BCUT2D eigenvalue weighted by Gasteiger charge is 2.20. The van der Waals surface area contributed by atoms with Crippen LogP contribution in [-0.2, 0) is 17.8 Å². The maximum absolute atomic E-state index is 11.4. The molecule has 0 saturated carbocycles. The Morgan fingerprint density at radius 1 is 1.35 bits per heavy atom. The van der Waals surface area contributed by atoms with Gasteiger partial charge < -0.3 is 10.0 Å². The molecule has 0 atom stereocenters. The topological polar surface area (TPSA) is 96.3 Å². The number of pyridine rings is 1. The van der Waals surface area contributed by atoms with Gasteiger partial charge in [0.05, 0.1) is 12.2 Å². The number of carboxylic acid groups (broad SMARTS) is 1. The Kier molecular flexibility index (Phi) is 2.81. The minimum absolute atomic E-state index is 0.00598. The van der Waals surface area contributed by atoms with Crippen molar-refractivity contribution in [1.82, 2.24) is 19.9 Å². The lowest BCUT2D eigenvalue weighted by Gasteiger charge is -2.27. The molecule has 0 aromatic carbocycles. The summed E-state index contributed by atoms with van der Waals surface area (Å²) in [4.78, 5) is 36.1. The van der Waals surface area contributed by atoms with Crippen molar-refractivity contribution in [1.29, 1.82) is 0 Å². The first-order chi connectivity index (χ1) is 9.54. The molecule has 3 rings (SSSR count). The number of carbonyl (C=O) groups excluding carboxylic acids is 1. The largest absolute Gasteiger partial charge is 0.475 e. The minimum atomic E-state index is -1.18. The molecule has 2 aromatic rings. The van der Waals surface area contributed by atoms with Crippen molar-refractivity contribution in [2.45, 2.75) is 19.9 Å². The SMILES string of the molecule is CC(=O)N1CCc2cc3cnc(C(=O)O)nc3nc2C1. The predicted octanol–water partition coefficient (Wildman–Crippen LogP) is 0.628. The van der Waals surface area contributed by atoms with Crippen molar-refractivity contribution < 1.29 is 14.7 Å². The number of amides is 1. The second kappa shape index (κ2) is 4.52. The molecule has 0 unspecified atom stereocenters. The van der Waals surface area contributed by atoms with Gasteiger partial charge in [0.25, 0.3) is 0 Å². The molecular weight excluding hydrogens is 260 g/mol. The Hall–Kier alpha value is -2.57. The van der Waals surface area contributed by atoms with Gasteiger partial charge in [-0.2, -0.15) is 0 Å². The summed E-state index contributed by atoms with van der Waals surface area (Å²) in [7, 11) is 0. The van der Waals surface area contributed by atoms with Gasteiger partial charge in [-0.25, -0.2) is 19.7 Å². The molecule has 7 nitrogen and oxygen atoms in total. The summed E-state index contributed by atoms with van der Waals surface area (Å²) in [5.41, 5.74) is 2.18. The minimum Gasteiger partial charge on any atom is -0.475 e. The van der Waals surface area contributed by atoms with Gasteiger partial charge in [-0.15, -0.1) is 0 Å². The molecular formula is C13H12N4O3. The van der Waals surface area contributed by atoms with Crippen LogP contribution in [0.2, 0.25) is 0 Å². The van der Waals surface area contributed by atoms with Gasteiger partial charge in [0, 0.05) is 25.1 Å². The third-order valence-corrected chi connectivity index (χ3v) is 3.37. The van der Waals surface area contributed by atoms with E-state index in [0.717, 1.165) is 17.7 Å². The van der Waals surface area contributed by atoms with Gasteiger partial charge in [-0.05, 0) is 18.1 Å². The lowest BCUT2D eigenvalue weighted by atomic mass is 10.0. The third-order valence-electron chi connectivity index (χ3n) is 3.37. The molecule has 2 aromatic heterocycles. The van der Waals surface area contributed by atoms with Crippen molar-refractivity contribution in [2.24, 2.45) is 0 Å². The first-order valence-electron chi connectivity index (χ1n) is 6.19. The molecule has 1 aliphatic rings. The maximum atomic E-state index is 11.4. The second-order valence-corrected chi connectivity index (χ2v) is 4.70. The van der Waals surface area contributed by atoms with E-state index in [9.17, 15) is 9.59 Å². The van der Waals surface area contributed by atoms with E-state index >= 15 is 0 Å². The Morgan fingerprint density at radius 3 is 2.85 bits per heavy atom. The number of nitrogens with zero attached hydrogens (tertiary/aromatic N) is 4. The first kappa shape index (κ1) is 12.5. The molecule has 20 heavy (non-hydrogen) atoms. The van der Waals surface area contributed by atoms with E-state index in [1.807, 2.05) is 6.07 Å². The van der Waals surface area contributed by atoms with Gasteiger partial charge in [0.1, 0.15) is 0 Å². The summed E-state index contributed by atoms with van der Waals surface area (Å²) in [5.74, 6) is -1.45. The fourth-order valence-corrected chi connectivity index (χ4v) is 2.28. The molecule has 0 bridgehead atoms. The molecule has 1 N–H and O–H groups in total. The van der Waals surface area contributed by atoms with Crippen LogP contribution in [-0.4, -0.2) is 43.4 Å². The summed E-state index contributed by atoms with van der Waals surface area (Å²) in [5, 5.41) is 9.60. The number of rotatable bonds is 1. The van der Waals surface area contributed by atoms with E-state index in [1.54, 1.807) is 4.90 Å². The zero-order valence-corrected chi connectivity index (χ0v) is 10.8. The molecule has 102 valence electrons. The van der Waals surface area contributed by atoms with Crippen LogP contribution in [0.25, 0.3) is 11.0 Å². The Bertz CT molecular complexity index is 729. The zero-order valence-electron chi connectivity index (χ0n) is 10.8. The maximum Gasteiger partial charge on any atom is 0.374 e. The summed E-state index contributed by atoms with van der Waals surface area (Å²) >= 11 is 0. The molecule has 0 aliphatic carbocycles. The molecule has 1 amide bonds. The van der Waals surface area contributed by atoms with E-state index in [4.69, 9.17) is 5.11 Å². The van der Waals surface area contributed by atoms with E-state index in [1.165, 1.54) is 13.1 Å². The van der Waals surface area contributed by atoms with E-state index in [-0.39, 0.29) is 11.7 Å². The lowest BCUT2D eigenvalue weighted by molar-refractivity contribution is -0.129. The number of hydrogen-bond acceptors (Lipinski definition) is 5. The molecule has 1 aliphatic heterocycles. The molecule has 7 heteroatoms. The predicted molar refractivity (Wildman–Crippen MR) is 69.1 cm³/mol. The average Bonchev–Trinajstić information content (AvgIpc) is 2.43. The Balaban J connectivity index is 2.08. The Labute approximate surface area is 114 Å². The third kappa shape index (κ3) is 2.07. The number of carbonyl (C=O) groups is 2. The number of hydrogen-bond donors (Lipinski definition) is 1. The first-order valence-corrected chi connectivity index (χ1v) is 6.19. The molecule has 0 fully saturated rings. The highest BCUT2D eigenvalue weighted by molar-refractivity contribution is 5.86. The smallest absolute Gasteiger partial charge is 0.374 e. The number of aromatic carboxylic acids is 1. The van der Waals surface area contributed by atoms with E-state index in [2.05, 4.69) is 15.0 Å². The van der Waals surface area contributed by atoms with Crippen LogP contribution in [0, 0.1) is 0 Å². The summed E-state index contributed by atoms with van der Waals surface area (Å²) in [6, 6.07) is 1.92. The van der Waals surface area contributed by atoms with Crippen LogP contribution in [0.5, 0.6) is 0 Å². The fraction of sp³-hybridized carbons (Fsp3) is 0.308. The standard InChI is InChI=1S/C13H12N4O3/c1-7(18)17-3-2-8-4-9-5-14-12(13(19)20)16-11(9)15-10(8)6-17/h4-5H,2-3,6H2,1H3,(H,19,20). The summed E-state index contributed by atoms with van der Waals surface area (Å²) in [6.45, 7) is 2.63. The number of fused-ring (bicyclic) bond motifs is 2. The Morgan fingerprint density at radius 2 is 2.15 bits per heavy atom. The van der Waals surface area contributed by atoms with E-state index in [0.29, 0.717) is 24.1 Å². The van der Waals surface area contributed by atoms with Crippen LogP contribution in [0.15, 0.2) is 12.3 Å². The van der Waals surface area contributed by atoms with Crippen LogP contribution < -0.4 is 0 Å². The quantitative estimate of drug-likeness (QED) is 0.817. The van der Waals surface area contributed by atoms with Gasteiger partial charge in [0.2, 0.25) is 11.7 Å². The van der Waals surface area contributed by atoms with Crippen LogP contribution >= 0.6 is 0 Å². The van der Waals surface area contributed by atoms with Crippen molar-refractivity contribution in [3.8, 4) is 0 Å². The van der Waals surface area contributed by atoms with Gasteiger partial charge >= 0.3 is 5.97 Å². The molecule has 3 heterocycles. The molecule has 0 saturated heterocycles. The van der Waals surface area contributed by atoms with Crippen molar-refractivity contribution in [2.75, 3.05) is 6.54 Å². The van der Waals surface area contributed by atoms with Gasteiger partial charge in [-0.1, -0.05) is 0 Å². The highest BCUT2D eigenvalue weighted by Crippen LogP contribution is 2.21. The van der Waals surface area contributed by atoms with Crippen LogP contribution in [0.4, 0.5) is 0 Å². The van der Waals surface area contributed by atoms with Crippen LogP contribution in [0.1, 0.15) is 28.8 Å². The normalized spacial score (nSPS) is 14.2. The summed E-state index contributed by atoms with van der Waals surface area (Å²) < 4.78 is 0. The number of carboxylic acids is 1. The monoisotopic (exact) mass is 272 g/mol. The highest BCUT2D eigenvalue weighted by atomic mass is 16.4. The lowest BCUT2D eigenvalue weighted by Crippen LogP contribution is -2.34. The molecule has 0 radical (unpaired) electrons. The van der Waals surface area contributed by atoms with Crippen molar-refractivity contribution >= 4 is 22.9 Å². The summed E-state index contributed by atoms with van der Waals surface area (Å²) in [6.07, 6.45) is 2.20. The second-order valence-electron chi connectivity index (χ2n) is 4.70.